The van der Waals surface area contributed by atoms with Gasteiger partial charge in [0, 0.05) is 51.7 Å². The molecule has 2 fully saturated rings. The Bertz CT molecular complexity index is 574. The summed E-state index contributed by atoms with van der Waals surface area (Å²) in [5.74, 6) is 2.09. The maximum Gasteiger partial charge on any atom is 0.194 e. The van der Waals surface area contributed by atoms with Gasteiger partial charge in [-0.2, -0.15) is 0 Å². The molecule has 2 atom stereocenters. The van der Waals surface area contributed by atoms with Gasteiger partial charge in [0.05, 0.1) is 12.7 Å². The molecule has 0 bridgehead atoms. The fourth-order valence-electron chi connectivity index (χ4n) is 3.63. The first-order chi connectivity index (χ1) is 12.8. The number of nitrogens with zero attached hydrogens (tertiary/aromatic N) is 4. The molecular weight excluding hydrogens is 457 g/mol. The van der Waals surface area contributed by atoms with Crippen LogP contribution in [-0.4, -0.2) is 72.0 Å². The van der Waals surface area contributed by atoms with E-state index < -0.39 is 0 Å². The van der Waals surface area contributed by atoms with E-state index in [9.17, 15) is 0 Å². The van der Waals surface area contributed by atoms with Gasteiger partial charge in [0.15, 0.2) is 5.96 Å². The summed E-state index contributed by atoms with van der Waals surface area (Å²) in [4.78, 5) is 11.4. The highest BCUT2D eigenvalue weighted by Crippen LogP contribution is 2.21. The summed E-state index contributed by atoms with van der Waals surface area (Å²) in [5, 5.41) is 3.44. The number of halogens is 1. The van der Waals surface area contributed by atoms with Crippen LogP contribution >= 0.6 is 24.0 Å². The third kappa shape index (κ3) is 6.60. The second-order valence-corrected chi connectivity index (χ2v) is 7.02. The number of aryl methyl sites for hydroxylation is 2. The van der Waals surface area contributed by atoms with Crippen LogP contribution in [0.15, 0.2) is 17.4 Å². The highest BCUT2D eigenvalue weighted by molar-refractivity contribution is 14.0. The molecule has 0 aromatic carbocycles. The van der Waals surface area contributed by atoms with Crippen LogP contribution < -0.4 is 5.32 Å². The molecule has 2 aliphatic heterocycles. The Labute approximate surface area is 179 Å². The number of rotatable bonds is 7. The van der Waals surface area contributed by atoms with E-state index in [2.05, 4.69) is 26.7 Å². The number of aromatic nitrogens is 2. The molecule has 0 spiro atoms. The van der Waals surface area contributed by atoms with Crippen molar-refractivity contribution in [3.05, 3.63) is 18.2 Å². The fourth-order valence-corrected chi connectivity index (χ4v) is 3.63. The third-order valence-corrected chi connectivity index (χ3v) is 5.10. The molecule has 2 unspecified atom stereocenters. The van der Waals surface area contributed by atoms with Crippen molar-refractivity contribution in [1.29, 1.82) is 0 Å². The standard InChI is InChI=1S/C19H33N5O2.HI/c1-3-20-19(22-8-4-5-10-23-11-9-21-16(23)2)24-12-14-26-18(15-24)17-7-6-13-25-17;/h9,11,17-18H,3-8,10,12-15H2,1-2H3,(H,20,22);1H. The first-order valence-electron chi connectivity index (χ1n) is 10.0. The maximum absolute atomic E-state index is 5.96. The highest BCUT2D eigenvalue weighted by Gasteiger charge is 2.32. The largest absolute Gasteiger partial charge is 0.375 e. The second kappa shape index (κ2) is 11.9. The first kappa shape index (κ1) is 22.4. The predicted octanol–water partition coefficient (Wildman–Crippen LogP) is 2.44. The lowest BCUT2D eigenvalue weighted by Crippen LogP contribution is -2.53. The van der Waals surface area contributed by atoms with Gasteiger partial charge in [-0.15, -0.1) is 24.0 Å². The molecule has 0 radical (unpaired) electrons. The molecule has 3 rings (SSSR count). The lowest BCUT2D eigenvalue weighted by Gasteiger charge is -2.37. The topological polar surface area (TPSA) is 63.9 Å². The van der Waals surface area contributed by atoms with Crippen molar-refractivity contribution < 1.29 is 9.47 Å². The van der Waals surface area contributed by atoms with Crippen molar-refractivity contribution in [3.63, 3.8) is 0 Å². The Balaban J connectivity index is 0.00000261. The van der Waals surface area contributed by atoms with Crippen LogP contribution in [0.5, 0.6) is 0 Å². The highest BCUT2D eigenvalue weighted by atomic mass is 127. The van der Waals surface area contributed by atoms with Gasteiger partial charge >= 0.3 is 0 Å². The SMILES string of the molecule is CCNC(=NCCCCn1ccnc1C)N1CCOC(C2CCCO2)C1.I. The average Bonchev–Trinajstić information content (AvgIpc) is 3.33. The monoisotopic (exact) mass is 491 g/mol. The van der Waals surface area contributed by atoms with E-state index in [1.807, 2.05) is 19.3 Å². The van der Waals surface area contributed by atoms with E-state index in [1.54, 1.807) is 0 Å². The zero-order valence-corrected chi connectivity index (χ0v) is 18.9. The van der Waals surface area contributed by atoms with Crippen LogP contribution in [0.3, 0.4) is 0 Å². The summed E-state index contributed by atoms with van der Waals surface area (Å²) in [5.41, 5.74) is 0. The van der Waals surface area contributed by atoms with Gasteiger partial charge in [-0.25, -0.2) is 4.98 Å². The second-order valence-electron chi connectivity index (χ2n) is 7.02. The van der Waals surface area contributed by atoms with Crippen LogP contribution in [0.4, 0.5) is 0 Å². The number of hydrogen-bond donors (Lipinski definition) is 1. The number of imidazole rings is 1. The zero-order valence-electron chi connectivity index (χ0n) is 16.6. The van der Waals surface area contributed by atoms with Crippen molar-refractivity contribution >= 4 is 29.9 Å². The Hall–Kier alpha value is -0.870. The van der Waals surface area contributed by atoms with Gasteiger partial charge in [-0.05, 0) is 39.5 Å². The summed E-state index contributed by atoms with van der Waals surface area (Å²) in [6, 6.07) is 0. The molecule has 7 nitrogen and oxygen atoms in total. The molecule has 0 aliphatic carbocycles. The van der Waals surface area contributed by atoms with E-state index in [0.717, 1.165) is 83.4 Å². The molecule has 154 valence electrons. The number of unbranched alkanes of at least 4 members (excludes halogenated alkanes) is 1. The van der Waals surface area contributed by atoms with Gasteiger partial charge in [0.1, 0.15) is 11.9 Å². The molecule has 3 heterocycles. The summed E-state index contributed by atoms with van der Waals surface area (Å²) in [7, 11) is 0. The van der Waals surface area contributed by atoms with Crippen LogP contribution in [0.1, 0.15) is 38.4 Å². The average molecular weight is 491 g/mol. The number of hydrogen-bond acceptors (Lipinski definition) is 4. The maximum atomic E-state index is 5.96. The molecule has 1 N–H and O–H groups in total. The molecule has 1 aromatic heterocycles. The van der Waals surface area contributed by atoms with Crippen LogP contribution in [0, 0.1) is 6.92 Å². The number of nitrogens with one attached hydrogen (secondary N) is 1. The summed E-state index contributed by atoms with van der Waals surface area (Å²) in [6.45, 7) is 10.3. The normalized spacial score (nSPS) is 23.3. The van der Waals surface area contributed by atoms with Crippen molar-refractivity contribution in [2.75, 3.05) is 39.4 Å². The predicted molar refractivity (Wildman–Crippen MR) is 118 cm³/mol. The van der Waals surface area contributed by atoms with Gasteiger partial charge < -0.3 is 24.3 Å². The number of aliphatic imine (C=N–C) groups is 1. The Morgan fingerprint density at radius 3 is 2.85 bits per heavy atom. The lowest BCUT2D eigenvalue weighted by atomic mass is 10.1. The minimum Gasteiger partial charge on any atom is -0.375 e. The van der Waals surface area contributed by atoms with E-state index in [4.69, 9.17) is 14.5 Å². The van der Waals surface area contributed by atoms with E-state index in [1.165, 1.54) is 0 Å². The molecule has 27 heavy (non-hydrogen) atoms. The van der Waals surface area contributed by atoms with E-state index >= 15 is 0 Å². The molecule has 1 aromatic rings. The van der Waals surface area contributed by atoms with Crippen molar-refractivity contribution in [1.82, 2.24) is 19.8 Å². The Morgan fingerprint density at radius 2 is 2.15 bits per heavy atom. The molecule has 0 amide bonds. The minimum atomic E-state index is 0. The molecule has 2 aliphatic rings. The first-order valence-corrected chi connectivity index (χ1v) is 10.0. The minimum absolute atomic E-state index is 0. The van der Waals surface area contributed by atoms with Gasteiger partial charge in [-0.3, -0.25) is 4.99 Å². The van der Waals surface area contributed by atoms with Crippen molar-refractivity contribution in [2.24, 2.45) is 4.99 Å². The van der Waals surface area contributed by atoms with Crippen LogP contribution in [0.2, 0.25) is 0 Å². The molecule has 8 heteroatoms. The molecule has 0 saturated carbocycles. The van der Waals surface area contributed by atoms with Gasteiger partial charge in [0.25, 0.3) is 0 Å². The van der Waals surface area contributed by atoms with E-state index in [-0.39, 0.29) is 36.2 Å². The van der Waals surface area contributed by atoms with Crippen molar-refractivity contribution in [2.45, 2.75) is 58.3 Å². The number of guanidine groups is 1. The van der Waals surface area contributed by atoms with Crippen LogP contribution in [-0.2, 0) is 16.0 Å². The van der Waals surface area contributed by atoms with Crippen molar-refractivity contribution in [3.8, 4) is 0 Å². The number of ether oxygens (including phenoxy) is 2. The molecular formula is C19H34IN5O2. The Kier molecular flexibility index (Phi) is 9.84. The quantitative estimate of drug-likeness (QED) is 0.275. The van der Waals surface area contributed by atoms with E-state index in [0.29, 0.717) is 0 Å². The summed E-state index contributed by atoms with van der Waals surface area (Å²) in [6.07, 6.45) is 8.77. The smallest absolute Gasteiger partial charge is 0.194 e. The van der Waals surface area contributed by atoms with Gasteiger partial charge in [-0.1, -0.05) is 0 Å². The summed E-state index contributed by atoms with van der Waals surface area (Å²) >= 11 is 0. The zero-order chi connectivity index (χ0) is 18.2. The number of morpholine rings is 1. The van der Waals surface area contributed by atoms with Crippen LogP contribution in [0.25, 0.3) is 0 Å². The van der Waals surface area contributed by atoms with Gasteiger partial charge in [0.2, 0.25) is 0 Å². The Morgan fingerprint density at radius 1 is 1.30 bits per heavy atom. The molecule has 2 saturated heterocycles. The summed E-state index contributed by atoms with van der Waals surface area (Å²) < 4.78 is 14.0. The third-order valence-electron chi connectivity index (χ3n) is 5.10. The fraction of sp³-hybridized carbons (Fsp3) is 0.789. The lowest BCUT2D eigenvalue weighted by molar-refractivity contribution is -0.0817.